The number of aromatic hydroxyl groups is 1. The molecule has 1 amide bonds. The van der Waals surface area contributed by atoms with Gasteiger partial charge in [0.1, 0.15) is 12.3 Å². The number of benzene rings is 1. The van der Waals surface area contributed by atoms with Gasteiger partial charge in [0, 0.05) is 4.47 Å². The summed E-state index contributed by atoms with van der Waals surface area (Å²) in [5.74, 6) is 0.177. The van der Waals surface area contributed by atoms with Crippen LogP contribution in [0.15, 0.2) is 22.7 Å². The van der Waals surface area contributed by atoms with Crippen LogP contribution in [0.5, 0.6) is 5.75 Å². The van der Waals surface area contributed by atoms with Crippen molar-refractivity contribution >= 4 is 27.8 Å². The second-order valence-corrected chi connectivity index (χ2v) is 4.34. The number of terminal acetylenes is 1. The van der Waals surface area contributed by atoms with Crippen molar-refractivity contribution in [1.29, 1.82) is 0 Å². The molecule has 0 aliphatic rings. The van der Waals surface area contributed by atoms with E-state index in [2.05, 4.69) is 21.9 Å². The maximum atomic E-state index is 12.0. The zero-order valence-electron chi connectivity index (χ0n) is 9.26. The summed E-state index contributed by atoms with van der Waals surface area (Å²) in [6.07, 6.45) is 5.08. The molecule has 0 aliphatic carbocycles. The molecule has 94 valence electrons. The molecule has 5 nitrogen and oxygen atoms in total. The predicted octanol–water partition coefficient (Wildman–Crippen LogP) is 1.31. The van der Waals surface area contributed by atoms with E-state index in [0.717, 1.165) is 4.90 Å². The Balaban J connectivity index is 3.05. The van der Waals surface area contributed by atoms with Gasteiger partial charge in [0.05, 0.1) is 12.1 Å². The second kappa shape index (κ2) is 6.07. The van der Waals surface area contributed by atoms with Crippen molar-refractivity contribution in [1.82, 2.24) is 4.90 Å². The SMILES string of the molecule is C#CCN(CC(=O)O)C(=O)c1cc(Br)ccc1O. The number of nitrogens with zero attached hydrogens (tertiary/aromatic N) is 1. The average molecular weight is 312 g/mol. The lowest BCUT2D eigenvalue weighted by Crippen LogP contribution is -2.36. The molecule has 1 aromatic rings. The highest BCUT2D eigenvalue weighted by Gasteiger charge is 2.20. The Bertz CT molecular complexity index is 521. The van der Waals surface area contributed by atoms with Gasteiger partial charge in [0.15, 0.2) is 0 Å². The van der Waals surface area contributed by atoms with Crippen LogP contribution >= 0.6 is 15.9 Å². The van der Waals surface area contributed by atoms with Crippen LogP contribution in [0.1, 0.15) is 10.4 Å². The summed E-state index contributed by atoms with van der Waals surface area (Å²) >= 11 is 3.17. The number of aliphatic carboxylic acids is 1. The minimum absolute atomic E-state index is 0.000810. The molecule has 0 aliphatic heterocycles. The van der Waals surface area contributed by atoms with Crippen molar-refractivity contribution in [2.24, 2.45) is 0 Å². The predicted molar refractivity (Wildman–Crippen MR) is 68.2 cm³/mol. The van der Waals surface area contributed by atoms with Crippen LogP contribution in [-0.2, 0) is 4.79 Å². The van der Waals surface area contributed by atoms with Gasteiger partial charge in [-0.25, -0.2) is 0 Å². The number of amides is 1. The molecule has 0 saturated heterocycles. The molecule has 0 fully saturated rings. The molecule has 0 unspecified atom stereocenters. The highest BCUT2D eigenvalue weighted by Crippen LogP contribution is 2.23. The van der Waals surface area contributed by atoms with E-state index in [9.17, 15) is 14.7 Å². The third kappa shape index (κ3) is 3.50. The van der Waals surface area contributed by atoms with E-state index >= 15 is 0 Å². The van der Waals surface area contributed by atoms with Crippen LogP contribution in [0.3, 0.4) is 0 Å². The number of phenols is 1. The fourth-order valence-electron chi connectivity index (χ4n) is 1.32. The number of hydrogen-bond donors (Lipinski definition) is 2. The molecule has 6 heteroatoms. The largest absolute Gasteiger partial charge is 0.507 e. The average Bonchev–Trinajstić information content (AvgIpc) is 2.30. The van der Waals surface area contributed by atoms with Crippen LogP contribution in [0.2, 0.25) is 0 Å². The van der Waals surface area contributed by atoms with Crippen molar-refractivity contribution in [2.45, 2.75) is 0 Å². The first-order valence-electron chi connectivity index (χ1n) is 4.88. The maximum absolute atomic E-state index is 12.0. The van der Waals surface area contributed by atoms with Crippen molar-refractivity contribution < 1.29 is 19.8 Å². The molecular weight excluding hydrogens is 302 g/mol. The fourth-order valence-corrected chi connectivity index (χ4v) is 1.68. The van der Waals surface area contributed by atoms with Crippen molar-refractivity contribution in [3.63, 3.8) is 0 Å². The topological polar surface area (TPSA) is 77.8 Å². The molecule has 1 rings (SSSR count). The lowest BCUT2D eigenvalue weighted by Gasteiger charge is -2.18. The van der Waals surface area contributed by atoms with E-state index in [4.69, 9.17) is 11.5 Å². The zero-order chi connectivity index (χ0) is 13.7. The summed E-state index contributed by atoms with van der Waals surface area (Å²) in [5.41, 5.74) is 0.000810. The standard InChI is InChI=1S/C12H10BrNO4/c1-2-5-14(7-11(16)17)12(18)9-6-8(13)3-4-10(9)15/h1,3-4,6,15H,5,7H2,(H,16,17). The van der Waals surface area contributed by atoms with Gasteiger partial charge in [-0.3, -0.25) is 9.59 Å². The second-order valence-electron chi connectivity index (χ2n) is 3.42. The van der Waals surface area contributed by atoms with E-state index in [-0.39, 0.29) is 17.9 Å². The molecule has 0 radical (unpaired) electrons. The summed E-state index contributed by atoms with van der Waals surface area (Å²) in [5, 5.41) is 18.3. The molecular formula is C12H10BrNO4. The first kappa shape index (κ1) is 14.1. The molecule has 1 aromatic carbocycles. The molecule has 0 bridgehead atoms. The number of carbonyl (C=O) groups excluding carboxylic acids is 1. The van der Waals surface area contributed by atoms with Crippen LogP contribution in [0.4, 0.5) is 0 Å². The number of rotatable bonds is 4. The lowest BCUT2D eigenvalue weighted by atomic mass is 10.1. The van der Waals surface area contributed by atoms with Crippen LogP contribution in [0.25, 0.3) is 0 Å². The fraction of sp³-hybridized carbons (Fsp3) is 0.167. The Hall–Kier alpha value is -2.00. The van der Waals surface area contributed by atoms with Gasteiger partial charge >= 0.3 is 5.97 Å². The Labute approximate surface area is 112 Å². The van der Waals surface area contributed by atoms with Crippen molar-refractivity contribution in [2.75, 3.05) is 13.1 Å². The summed E-state index contributed by atoms with van der Waals surface area (Å²) in [6, 6.07) is 4.31. The summed E-state index contributed by atoms with van der Waals surface area (Å²) in [6.45, 7) is -0.661. The molecule has 2 N–H and O–H groups in total. The number of carboxylic acids is 1. The molecule has 0 spiro atoms. The van der Waals surface area contributed by atoms with Crippen LogP contribution < -0.4 is 0 Å². The van der Waals surface area contributed by atoms with Crippen molar-refractivity contribution in [3.8, 4) is 18.1 Å². The van der Waals surface area contributed by atoms with Gasteiger partial charge in [-0.2, -0.15) is 0 Å². The first-order valence-corrected chi connectivity index (χ1v) is 5.68. The van der Waals surface area contributed by atoms with E-state index in [1.807, 2.05) is 0 Å². The number of carboxylic acid groups (broad SMARTS) is 1. The molecule has 0 saturated carbocycles. The van der Waals surface area contributed by atoms with Gasteiger partial charge < -0.3 is 15.1 Å². The van der Waals surface area contributed by atoms with Gasteiger partial charge in [0.25, 0.3) is 5.91 Å². The highest BCUT2D eigenvalue weighted by atomic mass is 79.9. The number of halogens is 1. The van der Waals surface area contributed by atoms with E-state index in [0.29, 0.717) is 4.47 Å². The quantitative estimate of drug-likeness (QED) is 0.822. The van der Waals surface area contributed by atoms with Gasteiger partial charge in [0.2, 0.25) is 0 Å². The molecule has 18 heavy (non-hydrogen) atoms. The Morgan fingerprint density at radius 1 is 1.44 bits per heavy atom. The first-order chi connectivity index (χ1) is 8.45. The molecule has 0 atom stereocenters. The minimum Gasteiger partial charge on any atom is -0.507 e. The third-order valence-corrected chi connectivity index (χ3v) is 2.58. The highest BCUT2D eigenvalue weighted by molar-refractivity contribution is 9.10. The van der Waals surface area contributed by atoms with E-state index in [1.54, 1.807) is 6.07 Å². The summed E-state index contributed by atoms with van der Waals surface area (Å²) in [4.78, 5) is 23.6. The monoisotopic (exact) mass is 311 g/mol. The zero-order valence-corrected chi connectivity index (χ0v) is 10.8. The lowest BCUT2D eigenvalue weighted by molar-refractivity contribution is -0.137. The maximum Gasteiger partial charge on any atom is 0.323 e. The normalized spacial score (nSPS) is 9.56. The Kier molecular flexibility index (Phi) is 4.75. The summed E-state index contributed by atoms with van der Waals surface area (Å²) in [7, 11) is 0. The van der Waals surface area contributed by atoms with Gasteiger partial charge in [-0.05, 0) is 18.2 Å². The van der Waals surface area contributed by atoms with E-state index < -0.39 is 18.4 Å². The minimum atomic E-state index is -1.17. The Morgan fingerprint density at radius 2 is 2.11 bits per heavy atom. The smallest absolute Gasteiger partial charge is 0.323 e. The number of phenolic OH excluding ortho intramolecular Hbond substituents is 1. The van der Waals surface area contributed by atoms with E-state index in [1.165, 1.54) is 12.1 Å². The molecule has 0 aromatic heterocycles. The van der Waals surface area contributed by atoms with Crippen LogP contribution in [-0.4, -0.2) is 40.1 Å². The van der Waals surface area contributed by atoms with Gasteiger partial charge in [-0.15, -0.1) is 6.42 Å². The van der Waals surface area contributed by atoms with Crippen molar-refractivity contribution in [3.05, 3.63) is 28.2 Å². The third-order valence-electron chi connectivity index (χ3n) is 2.08. The number of hydrogen-bond acceptors (Lipinski definition) is 3. The Morgan fingerprint density at radius 3 is 2.67 bits per heavy atom. The summed E-state index contributed by atoms with van der Waals surface area (Å²) < 4.78 is 0.597. The molecule has 0 heterocycles. The van der Waals surface area contributed by atoms with Gasteiger partial charge in [-0.1, -0.05) is 21.9 Å². The number of carbonyl (C=O) groups is 2. The van der Waals surface area contributed by atoms with Crippen LogP contribution in [0, 0.1) is 12.3 Å².